The first kappa shape index (κ1) is 19.1. The highest BCUT2D eigenvalue weighted by molar-refractivity contribution is 7.89. The van der Waals surface area contributed by atoms with E-state index in [2.05, 4.69) is 4.98 Å². The molecule has 1 aromatic heterocycles. The number of pyridine rings is 1. The van der Waals surface area contributed by atoms with E-state index in [0.29, 0.717) is 6.42 Å². The van der Waals surface area contributed by atoms with Crippen molar-refractivity contribution in [1.29, 1.82) is 0 Å². The van der Waals surface area contributed by atoms with Crippen LogP contribution in [0.25, 0.3) is 0 Å². The van der Waals surface area contributed by atoms with E-state index >= 15 is 0 Å². The first-order chi connectivity index (χ1) is 11.9. The van der Waals surface area contributed by atoms with Gasteiger partial charge in [0.25, 0.3) is 0 Å². The fourth-order valence-corrected chi connectivity index (χ4v) is 3.85. The number of aromatic nitrogens is 1. The van der Waals surface area contributed by atoms with Crippen molar-refractivity contribution >= 4 is 16.0 Å². The monoisotopic (exact) mass is 362 g/mol. The van der Waals surface area contributed by atoms with Crippen molar-refractivity contribution in [1.82, 2.24) is 9.29 Å². The van der Waals surface area contributed by atoms with Gasteiger partial charge in [0.15, 0.2) is 0 Å². The summed E-state index contributed by atoms with van der Waals surface area (Å²) in [7, 11) is -2.20. The van der Waals surface area contributed by atoms with Crippen molar-refractivity contribution in [2.45, 2.75) is 12.8 Å². The molecule has 2 rings (SSSR count). The van der Waals surface area contributed by atoms with E-state index in [1.807, 2.05) is 30.3 Å². The standard InChI is InChI=1S/C18H22N2O4S/c1-20(12-10-17-9-5-6-11-19-17)25(23,24)14-16(18(21)22)13-15-7-3-2-4-8-15/h2-9,11,16H,10,12-14H2,1H3,(H,21,22). The van der Waals surface area contributed by atoms with E-state index < -0.39 is 27.7 Å². The van der Waals surface area contributed by atoms with E-state index in [1.54, 1.807) is 24.4 Å². The molecule has 1 heterocycles. The van der Waals surface area contributed by atoms with Crippen LogP contribution in [-0.2, 0) is 27.7 Å². The van der Waals surface area contributed by atoms with E-state index in [1.165, 1.54) is 11.4 Å². The van der Waals surface area contributed by atoms with Crippen LogP contribution in [-0.4, -0.2) is 48.1 Å². The molecule has 0 amide bonds. The quantitative estimate of drug-likeness (QED) is 0.735. The van der Waals surface area contributed by atoms with E-state index in [0.717, 1.165) is 11.3 Å². The van der Waals surface area contributed by atoms with Crippen LogP contribution in [0.4, 0.5) is 0 Å². The third-order valence-corrected chi connectivity index (χ3v) is 5.93. The molecule has 0 saturated carbocycles. The second kappa shape index (κ2) is 8.73. The van der Waals surface area contributed by atoms with Crippen LogP contribution < -0.4 is 0 Å². The Bertz CT molecular complexity index is 779. The van der Waals surface area contributed by atoms with Gasteiger partial charge in [-0.2, -0.15) is 0 Å². The minimum Gasteiger partial charge on any atom is -0.481 e. The van der Waals surface area contributed by atoms with Gasteiger partial charge in [0.2, 0.25) is 10.0 Å². The Kier molecular flexibility index (Phi) is 6.66. The van der Waals surface area contributed by atoms with Gasteiger partial charge in [0, 0.05) is 31.9 Å². The highest BCUT2D eigenvalue weighted by atomic mass is 32.2. The van der Waals surface area contributed by atoms with E-state index in [-0.39, 0.29) is 13.0 Å². The molecule has 134 valence electrons. The topological polar surface area (TPSA) is 87.6 Å². The molecule has 2 aromatic rings. The minimum absolute atomic E-state index is 0.184. The normalized spacial score (nSPS) is 12.9. The van der Waals surface area contributed by atoms with Gasteiger partial charge in [-0.3, -0.25) is 9.78 Å². The maximum atomic E-state index is 12.5. The third kappa shape index (κ3) is 5.95. The lowest BCUT2D eigenvalue weighted by Crippen LogP contribution is -2.36. The minimum atomic E-state index is -3.67. The zero-order chi connectivity index (χ0) is 18.3. The number of carbonyl (C=O) groups is 1. The van der Waals surface area contributed by atoms with Crippen molar-refractivity contribution in [3.8, 4) is 0 Å². The Morgan fingerprint density at radius 1 is 1.16 bits per heavy atom. The number of rotatable bonds is 9. The number of hydrogen-bond donors (Lipinski definition) is 1. The highest BCUT2D eigenvalue weighted by Crippen LogP contribution is 2.14. The Hall–Kier alpha value is -2.25. The van der Waals surface area contributed by atoms with Crippen molar-refractivity contribution in [3.63, 3.8) is 0 Å². The lowest BCUT2D eigenvalue weighted by molar-refractivity contribution is -0.140. The van der Waals surface area contributed by atoms with Gasteiger partial charge in [-0.05, 0) is 24.1 Å². The Labute approximate surface area is 148 Å². The fraction of sp³-hybridized carbons (Fsp3) is 0.333. The Balaban J connectivity index is 1.99. The van der Waals surface area contributed by atoms with Crippen LogP contribution in [0.5, 0.6) is 0 Å². The molecule has 0 saturated heterocycles. The van der Waals surface area contributed by atoms with Crippen molar-refractivity contribution < 1.29 is 18.3 Å². The second-order valence-electron chi connectivity index (χ2n) is 5.90. The average molecular weight is 362 g/mol. The predicted molar refractivity (Wildman–Crippen MR) is 95.6 cm³/mol. The molecule has 0 aliphatic carbocycles. The van der Waals surface area contributed by atoms with Gasteiger partial charge in [0.1, 0.15) is 0 Å². The van der Waals surface area contributed by atoms with E-state index in [4.69, 9.17) is 0 Å². The number of hydrogen-bond acceptors (Lipinski definition) is 4. The Morgan fingerprint density at radius 3 is 2.44 bits per heavy atom. The zero-order valence-corrected chi connectivity index (χ0v) is 14.9. The molecular weight excluding hydrogens is 340 g/mol. The number of nitrogens with zero attached hydrogens (tertiary/aromatic N) is 2. The molecule has 0 aliphatic heterocycles. The van der Waals surface area contributed by atoms with Crippen LogP contribution in [0.1, 0.15) is 11.3 Å². The highest BCUT2D eigenvalue weighted by Gasteiger charge is 2.28. The fourth-order valence-electron chi connectivity index (χ4n) is 2.45. The van der Waals surface area contributed by atoms with Crippen LogP contribution in [0, 0.1) is 5.92 Å². The molecule has 1 aromatic carbocycles. The number of benzene rings is 1. The summed E-state index contributed by atoms with van der Waals surface area (Å²) in [5.41, 5.74) is 1.60. The largest absolute Gasteiger partial charge is 0.481 e. The molecular formula is C18H22N2O4S. The zero-order valence-electron chi connectivity index (χ0n) is 14.1. The number of likely N-dealkylation sites (N-methyl/N-ethyl adjacent to an activating group) is 1. The summed E-state index contributed by atoms with van der Waals surface area (Å²) in [5, 5.41) is 9.39. The molecule has 0 radical (unpaired) electrons. The first-order valence-electron chi connectivity index (χ1n) is 7.99. The molecule has 25 heavy (non-hydrogen) atoms. The molecule has 1 atom stereocenters. The van der Waals surface area contributed by atoms with Crippen molar-refractivity contribution in [2.75, 3.05) is 19.3 Å². The molecule has 1 unspecified atom stereocenters. The van der Waals surface area contributed by atoms with Gasteiger partial charge in [-0.1, -0.05) is 36.4 Å². The van der Waals surface area contributed by atoms with Crippen LogP contribution in [0.15, 0.2) is 54.7 Å². The molecule has 6 nitrogen and oxygen atoms in total. The number of aliphatic carboxylic acids is 1. The van der Waals surface area contributed by atoms with Crippen LogP contribution in [0.3, 0.4) is 0 Å². The summed E-state index contributed by atoms with van der Waals surface area (Å²) >= 11 is 0. The van der Waals surface area contributed by atoms with Crippen LogP contribution in [0.2, 0.25) is 0 Å². The summed E-state index contributed by atoms with van der Waals surface area (Å²) in [6.07, 6.45) is 2.32. The van der Waals surface area contributed by atoms with Crippen LogP contribution >= 0.6 is 0 Å². The first-order valence-corrected chi connectivity index (χ1v) is 9.60. The molecule has 0 aliphatic rings. The maximum absolute atomic E-state index is 12.5. The summed E-state index contributed by atoms with van der Waals surface area (Å²) in [4.78, 5) is 15.7. The third-order valence-electron chi connectivity index (χ3n) is 3.97. The molecule has 0 fully saturated rings. The summed E-state index contributed by atoms with van der Waals surface area (Å²) < 4.78 is 26.2. The smallest absolute Gasteiger partial charge is 0.307 e. The van der Waals surface area contributed by atoms with Gasteiger partial charge < -0.3 is 5.11 Å². The van der Waals surface area contributed by atoms with Gasteiger partial charge >= 0.3 is 5.97 Å². The van der Waals surface area contributed by atoms with Gasteiger partial charge in [-0.25, -0.2) is 12.7 Å². The summed E-state index contributed by atoms with van der Waals surface area (Å²) in [6.45, 7) is 0.261. The van der Waals surface area contributed by atoms with Crippen molar-refractivity contribution in [3.05, 3.63) is 66.0 Å². The molecule has 1 N–H and O–H groups in total. The summed E-state index contributed by atoms with van der Waals surface area (Å²) in [6, 6.07) is 14.5. The SMILES string of the molecule is CN(CCc1ccccn1)S(=O)(=O)CC(Cc1ccccc1)C(=O)O. The molecule has 0 bridgehead atoms. The molecule has 0 spiro atoms. The van der Waals surface area contributed by atoms with Crippen molar-refractivity contribution in [2.24, 2.45) is 5.92 Å². The number of carboxylic acid groups (broad SMARTS) is 1. The maximum Gasteiger partial charge on any atom is 0.307 e. The lowest BCUT2D eigenvalue weighted by Gasteiger charge is -2.20. The lowest BCUT2D eigenvalue weighted by atomic mass is 10.0. The van der Waals surface area contributed by atoms with E-state index in [9.17, 15) is 18.3 Å². The predicted octanol–water partition coefficient (Wildman–Crippen LogP) is 1.83. The van der Waals surface area contributed by atoms with Gasteiger partial charge in [-0.15, -0.1) is 0 Å². The van der Waals surface area contributed by atoms with Gasteiger partial charge in [0.05, 0.1) is 11.7 Å². The second-order valence-corrected chi connectivity index (χ2v) is 8.02. The number of carboxylic acids is 1. The Morgan fingerprint density at radius 2 is 1.84 bits per heavy atom. The molecule has 7 heteroatoms. The summed E-state index contributed by atoms with van der Waals surface area (Å²) in [5.74, 6) is -2.51. The number of sulfonamides is 1. The average Bonchev–Trinajstić information content (AvgIpc) is 2.60.